The van der Waals surface area contributed by atoms with E-state index in [0.717, 1.165) is 22.4 Å². The number of anilines is 1. The lowest BCUT2D eigenvalue weighted by atomic mass is 9.84. The molecule has 1 aliphatic heterocycles. The molecule has 6 nitrogen and oxygen atoms in total. The minimum Gasteiger partial charge on any atom is -0.480 e. The minimum atomic E-state index is -0.953. The van der Waals surface area contributed by atoms with Crippen LogP contribution in [0.1, 0.15) is 43.4 Å². The first-order valence-corrected chi connectivity index (χ1v) is 8.89. The molecule has 0 aliphatic carbocycles. The van der Waals surface area contributed by atoms with E-state index < -0.39 is 17.6 Å². The zero-order chi connectivity index (χ0) is 19.6. The second kappa shape index (κ2) is 7.46. The molecule has 1 aromatic rings. The Morgan fingerprint density at radius 3 is 2.12 bits per heavy atom. The number of benzene rings is 1. The molecule has 1 fully saturated rings. The summed E-state index contributed by atoms with van der Waals surface area (Å²) in [5.74, 6) is -1.04. The molecule has 1 atom stereocenters. The quantitative estimate of drug-likeness (QED) is 0.896. The van der Waals surface area contributed by atoms with Crippen molar-refractivity contribution < 1.29 is 14.7 Å². The lowest BCUT2D eigenvalue weighted by Gasteiger charge is -2.45. The first-order valence-electron chi connectivity index (χ1n) is 8.89. The number of carbonyl (C=O) groups is 2. The van der Waals surface area contributed by atoms with Gasteiger partial charge in [-0.15, -0.1) is 0 Å². The summed E-state index contributed by atoms with van der Waals surface area (Å²) in [7, 11) is 0. The zero-order valence-corrected chi connectivity index (χ0v) is 16.2. The molecule has 2 rings (SSSR count). The minimum absolute atomic E-state index is 0.165. The second-order valence-electron chi connectivity index (χ2n) is 7.30. The molecule has 1 aromatic carbocycles. The second-order valence-corrected chi connectivity index (χ2v) is 7.30. The number of rotatable bonds is 4. The summed E-state index contributed by atoms with van der Waals surface area (Å²) in [6.45, 7) is 10.00. The average Bonchev–Trinajstić information content (AvgIpc) is 2.57. The summed E-state index contributed by atoms with van der Waals surface area (Å²) in [5, 5.41) is 19.2. The lowest BCUT2D eigenvalue weighted by molar-refractivity contribution is -0.143. The molecule has 140 valence electrons. The van der Waals surface area contributed by atoms with Gasteiger partial charge in [0.2, 0.25) is 5.91 Å². The van der Waals surface area contributed by atoms with Crippen LogP contribution < -0.4 is 4.90 Å². The highest BCUT2D eigenvalue weighted by atomic mass is 16.4. The molecule has 1 aliphatic rings. The monoisotopic (exact) mass is 357 g/mol. The van der Waals surface area contributed by atoms with E-state index in [1.807, 2.05) is 37.8 Å². The molecular weight excluding hydrogens is 330 g/mol. The number of aliphatic carboxylic acids is 1. The van der Waals surface area contributed by atoms with Crippen molar-refractivity contribution in [2.24, 2.45) is 0 Å². The maximum absolute atomic E-state index is 12.6. The Morgan fingerprint density at radius 2 is 1.73 bits per heavy atom. The number of carbonyl (C=O) groups excluding carboxylic acids is 1. The third-order valence-corrected chi connectivity index (χ3v) is 5.34. The van der Waals surface area contributed by atoms with Gasteiger partial charge in [-0.1, -0.05) is 17.7 Å². The molecule has 1 N–H and O–H groups in total. The summed E-state index contributed by atoms with van der Waals surface area (Å²) < 4.78 is 0. The maximum Gasteiger partial charge on any atom is 0.320 e. The summed E-state index contributed by atoms with van der Waals surface area (Å²) in [6, 6.07) is 5.83. The number of carboxylic acids is 1. The maximum atomic E-state index is 12.6. The number of carboxylic acid groups (broad SMARTS) is 1. The topological polar surface area (TPSA) is 84.6 Å². The predicted molar refractivity (Wildman–Crippen MR) is 100 cm³/mol. The number of likely N-dealkylation sites (tertiary alicyclic amines) is 1. The van der Waals surface area contributed by atoms with E-state index in [1.54, 1.807) is 11.8 Å². The van der Waals surface area contributed by atoms with Gasteiger partial charge in [-0.3, -0.25) is 19.4 Å². The van der Waals surface area contributed by atoms with Crippen LogP contribution in [0.2, 0.25) is 0 Å². The van der Waals surface area contributed by atoms with E-state index >= 15 is 0 Å². The van der Waals surface area contributed by atoms with E-state index in [2.05, 4.69) is 6.07 Å². The van der Waals surface area contributed by atoms with Gasteiger partial charge in [-0.25, -0.2) is 0 Å². The van der Waals surface area contributed by atoms with Crippen molar-refractivity contribution in [3.05, 3.63) is 28.8 Å². The third kappa shape index (κ3) is 3.58. The molecule has 1 heterocycles. The first-order chi connectivity index (χ1) is 12.1. The van der Waals surface area contributed by atoms with Crippen molar-refractivity contribution >= 4 is 17.6 Å². The van der Waals surface area contributed by atoms with Crippen LogP contribution in [0.25, 0.3) is 0 Å². The fraction of sp³-hybridized carbons (Fsp3) is 0.550. The average molecular weight is 357 g/mol. The van der Waals surface area contributed by atoms with Gasteiger partial charge in [-0.05, 0) is 51.7 Å². The fourth-order valence-electron chi connectivity index (χ4n) is 4.02. The molecule has 0 saturated carbocycles. The van der Waals surface area contributed by atoms with Gasteiger partial charge in [0.1, 0.15) is 11.6 Å². The molecule has 1 amide bonds. The van der Waals surface area contributed by atoms with E-state index in [9.17, 15) is 20.0 Å². The third-order valence-electron chi connectivity index (χ3n) is 5.34. The summed E-state index contributed by atoms with van der Waals surface area (Å²) >= 11 is 0. The number of piperidine rings is 1. The van der Waals surface area contributed by atoms with Crippen molar-refractivity contribution in [3.8, 4) is 6.07 Å². The molecule has 6 heteroatoms. The van der Waals surface area contributed by atoms with Crippen LogP contribution in [-0.2, 0) is 9.59 Å². The Morgan fingerprint density at radius 1 is 1.23 bits per heavy atom. The normalized spacial score (nSPS) is 18.0. The number of amides is 1. The summed E-state index contributed by atoms with van der Waals surface area (Å²) in [6.07, 6.45) is 0.848. The SMILES string of the molecule is CC(=O)N(c1c(C)cc(C)cc1C)C1(C#N)CCN(C(C)C(=O)O)CC1. The summed E-state index contributed by atoms with van der Waals surface area (Å²) in [5.41, 5.74) is 2.89. The highest BCUT2D eigenvalue weighted by molar-refractivity contribution is 5.95. The van der Waals surface area contributed by atoms with Crippen LogP contribution in [-0.4, -0.2) is 46.6 Å². The molecule has 1 saturated heterocycles. The molecule has 0 spiro atoms. The van der Waals surface area contributed by atoms with E-state index in [1.165, 1.54) is 6.92 Å². The molecule has 1 unspecified atom stereocenters. The van der Waals surface area contributed by atoms with Crippen molar-refractivity contribution in [2.75, 3.05) is 18.0 Å². The zero-order valence-electron chi connectivity index (χ0n) is 16.2. The van der Waals surface area contributed by atoms with Gasteiger partial charge in [0, 0.05) is 20.0 Å². The number of hydrogen-bond acceptors (Lipinski definition) is 4. The number of aryl methyl sites for hydroxylation is 3. The Bertz CT molecular complexity index is 735. The van der Waals surface area contributed by atoms with Gasteiger partial charge in [-0.2, -0.15) is 5.26 Å². The van der Waals surface area contributed by atoms with Crippen LogP contribution in [0.15, 0.2) is 12.1 Å². The Labute approximate surface area is 155 Å². The Hall–Kier alpha value is -2.39. The van der Waals surface area contributed by atoms with Crippen molar-refractivity contribution in [3.63, 3.8) is 0 Å². The van der Waals surface area contributed by atoms with E-state index in [0.29, 0.717) is 25.9 Å². The van der Waals surface area contributed by atoms with Crippen LogP contribution in [0.5, 0.6) is 0 Å². The highest BCUT2D eigenvalue weighted by Gasteiger charge is 2.44. The summed E-state index contributed by atoms with van der Waals surface area (Å²) in [4.78, 5) is 27.3. The largest absolute Gasteiger partial charge is 0.480 e. The van der Waals surface area contributed by atoms with E-state index in [-0.39, 0.29) is 5.91 Å². The number of nitrogens with zero attached hydrogens (tertiary/aromatic N) is 3. The molecule has 26 heavy (non-hydrogen) atoms. The van der Waals surface area contributed by atoms with Crippen LogP contribution in [0, 0.1) is 32.1 Å². The molecule has 0 radical (unpaired) electrons. The standard InChI is InChI=1S/C20H27N3O3/c1-13-10-14(2)18(15(3)11-13)23(17(5)24)20(12-21)6-8-22(9-7-20)16(4)19(25)26/h10-11,16H,6-9H2,1-5H3,(H,25,26). The lowest BCUT2D eigenvalue weighted by Crippen LogP contribution is -2.58. The smallest absolute Gasteiger partial charge is 0.320 e. The van der Waals surface area contributed by atoms with Crippen molar-refractivity contribution in [1.29, 1.82) is 5.26 Å². The van der Waals surface area contributed by atoms with Gasteiger partial charge in [0.05, 0.1) is 11.8 Å². The van der Waals surface area contributed by atoms with E-state index in [4.69, 9.17) is 0 Å². The van der Waals surface area contributed by atoms with Crippen molar-refractivity contribution in [1.82, 2.24) is 4.90 Å². The van der Waals surface area contributed by atoms with Crippen molar-refractivity contribution in [2.45, 2.75) is 59.0 Å². The van der Waals surface area contributed by atoms with Gasteiger partial charge in [0.15, 0.2) is 0 Å². The molecule has 0 bridgehead atoms. The van der Waals surface area contributed by atoms with Gasteiger partial charge in [0.25, 0.3) is 0 Å². The molecule has 0 aromatic heterocycles. The first kappa shape index (κ1) is 19.9. The number of nitriles is 1. The van der Waals surface area contributed by atoms with Crippen LogP contribution in [0.3, 0.4) is 0 Å². The van der Waals surface area contributed by atoms with Gasteiger partial charge < -0.3 is 5.11 Å². The Kier molecular flexibility index (Phi) is 5.72. The predicted octanol–water partition coefficient (Wildman–Crippen LogP) is 2.80. The number of hydrogen-bond donors (Lipinski definition) is 1. The highest BCUT2D eigenvalue weighted by Crippen LogP contribution is 2.37. The Balaban J connectivity index is 2.42. The molecular formula is C20H27N3O3. The van der Waals surface area contributed by atoms with Crippen LogP contribution in [0.4, 0.5) is 5.69 Å². The fourth-order valence-corrected chi connectivity index (χ4v) is 4.02. The van der Waals surface area contributed by atoms with Crippen LogP contribution >= 0.6 is 0 Å². The van der Waals surface area contributed by atoms with Gasteiger partial charge >= 0.3 is 5.97 Å².